The zero-order valence-electron chi connectivity index (χ0n) is 16.5. The van der Waals surface area contributed by atoms with Crippen LogP contribution in [0.4, 0.5) is 0 Å². The van der Waals surface area contributed by atoms with Crippen molar-refractivity contribution in [1.82, 2.24) is 20.4 Å². The van der Waals surface area contributed by atoms with Crippen molar-refractivity contribution in [3.63, 3.8) is 0 Å². The van der Waals surface area contributed by atoms with Crippen molar-refractivity contribution in [1.29, 1.82) is 0 Å². The van der Waals surface area contributed by atoms with E-state index in [1.165, 1.54) is 0 Å². The Labute approximate surface area is 160 Å². The van der Waals surface area contributed by atoms with E-state index < -0.39 is 0 Å². The number of hydrogen-bond donors (Lipinski definition) is 1. The number of rotatable bonds is 5. The molecule has 0 saturated carbocycles. The number of nitrogens with zero attached hydrogens (tertiary/aromatic N) is 3. The third kappa shape index (κ3) is 5.29. The Balaban J connectivity index is 1.60. The molecule has 1 unspecified atom stereocenters. The summed E-state index contributed by atoms with van der Waals surface area (Å²) in [4.78, 5) is 19.2. The average Bonchev–Trinajstić information content (AvgIpc) is 3.09. The average molecular weight is 372 g/mol. The van der Waals surface area contributed by atoms with E-state index in [4.69, 9.17) is 9.26 Å². The maximum Gasteiger partial charge on any atom is 0.241 e. The first-order valence-electron chi connectivity index (χ1n) is 9.35. The monoisotopic (exact) mass is 372 g/mol. The zero-order valence-corrected chi connectivity index (χ0v) is 16.5. The second-order valence-corrected chi connectivity index (χ2v) is 8.05. The van der Waals surface area contributed by atoms with Gasteiger partial charge in [0.2, 0.25) is 17.6 Å². The van der Waals surface area contributed by atoms with Crippen molar-refractivity contribution < 1.29 is 14.1 Å². The number of aromatic nitrogens is 2. The highest BCUT2D eigenvalue weighted by molar-refractivity contribution is 5.79. The van der Waals surface area contributed by atoms with Gasteiger partial charge in [0, 0.05) is 17.6 Å². The lowest BCUT2D eigenvalue weighted by atomic mass is 9.95. The molecule has 1 aliphatic rings. The maximum atomic E-state index is 12.5. The number of ether oxygens (including phenoxy) is 1. The van der Waals surface area contributed by atoms with Gasteiger partial charge in [0.1, 0.15) is 5.75 Å². The Morgan fingerprint density at radius 2 is 2.07 bits per heavy atom. The predicted molar refractivity (Wildman–Crippen MR) is 102 cm³/mol. The second kappa shape index (κ2) is 8.08. The topological polar surface area (TPSA) is 80.5 Å². The van der Waals surface area contributed by atoms with E-state index in [1.807, 2.05) is 45.0 Å². The van der Waals surface area contributed by atoms with Crippen molar-refractivity contribution in [2.45, 2.75) is 45.7 Å². The molecule has 1 aromatic carbocycles. The van der Waals surface area contributed by atoms with Gasteiger partial charge in [0.05, 0.1) is 19.6 Å². The Morgan fingerprint density at radius 3 is 2.74 bits per heavy atom. The molecule has 1 amide bonds. The molecule has 0 aliphatic carbocycles. The van der Waals surface area contributed by atoms with E-state index in [1.54, 1.807) is 7.11 Å². The van der Waals surface area contributed by atoms with E-state index >= 15 is 0 Å². The van der Waals surface area contributed by atoms with Gasteiger partial charge in [0.15, 0.2) is 0 Å². The molecule has 0 radical (unpaired) electrons. The molecule has 1 aliphatic heterocycles. The van der Waals surface area contributed by atoms with Gasteiger partial charge in [-0.15, -0.1) is 0 Å². The molecule has 2 heterocycles. The van der Waals surface area contributed by atoms with Crippen LogP contribution in [-0.2, 0) is 11.3 Å². The van der Waals surface area contributed by atoms with Crippen LogP contribution in [0.1, 0.15) is 39.5 Å². The summed E-state index contributed by atoms with van der Waals surface area (Å²) < 4.78 is 10.6. The van der Waals surface area contributed by atoms with Gasteiger partial charge in [-0.1, -0.05) is 5.16 Å². The molecule has 1 fully saturated rings. The molecular formula is C20H28N4O3. The minimum absolute atomic E-state index is 0.00181. The lowest BCUT2D eigenvalue weighted by Crippen LogP contribution is -2.48. The Kier molecular flexibility index (Phi) is 5.79. The minimum atomic E-state index is -0.209. The highest BCUT2D eigenvalue weighted by Crippen LogP contribution is 2.22. The molecule has 1 aromatic heterocycles. The lowest BCUT2D eigenvalue weighted by molar-refractivity contribution is -0.128. The van der Waals surface area contributed by atoms with Crippen molar-refractivity contribution in [3.05, 3.63) is 30.2 Å². The Morgan fingerprint density at radius 1 is 1.33 bits per heavy atom. The summed E-state index contributed by atoms with van der Waals surface area (Å²) in [6, 6.07) is 7.55. The van der Waals surface area contributed by atoms with Crippen LogP contribution in [0, 0.1) is 5.92 Å². The summed E-state index contributed by atoms with van der Waals surface area (Å²) in [5, 5.41) is 7.16. The van der Waals surface area contributed by atoms with Crippen LogP contribution in [-0.4, -0.2) is 46.7 Å². The van der Waals surface area contributed by atoms with Crippen LogP contribution >= 0.6 is 0 Å². The third-order valence-corrected chi connectivity index (χ3v) is 4.55. The number of nitrogens with one attached hydrogen (secondary N) is 1. The lowest BCUT2D eigenvalue weighted by Gasteiger charge is -2.32. The molecule has 7 heteroatoms. The van der Waals surface area contributed by atoms with E-state index in [-0.39, 0.29) is 17.4 Å². The van der Waals surface area contributed by atoms with Crippen LogP contribution in [0.15, 0.2) is 28.8 Å². The van der Waals surface area contributed by atoms with Crippen LogP contribution in [0.5, 0.6) is 5.75 Å². The second-order valence-electron chi connectivity index (χ2n) is 8.05. The first kappa shape index (κ1) is 19.4. The van der Waals surface area contributed by atoms with Gasteiger partial charge in [-0.2, -0.15) is 4.98 Å². The maximum absolute atomic E-state index is 12.5. The SMILES string of the molecule is COc1ccc(-c2noc(CN3CCCC(C(=O)NC(C)(C)C)C3)n2)cc1. The molecule has 27 heavy (non-hydrogen) atoms. The number of carbonyl (C=O) groups is 1. The van der Waals surface area contributed by atoms with Crippen molar-refractivity contribution in [2.75, 3.05) is 20.2 Å². The van der Waals surface area contributed by atoms with Crippen LogP contribution in [0.25, 0.3) is 11.4 Å². The molecule has 3 rings (SSSR count). The van der Waals surface area contributed by atoms with Crippen LogP contribution < -0.4 is 10.1 Å². The van der Waals surface area contributed by atoms with E-state index in [0.717, 1.165) is 30.7 Å². The summed E-state index contributed by atoms with van der Waals surface area (Å²) in [5.41, 5.74) is 0.672. The molecule has 2 aromatic rings. The third-order valence-electron chi connectivity index (χ3n) is 4.55. The van der Waals surface area contributed by atoms with Gasteiger partial charge in [-0.05, 0) is 64.4 Å². The van der Waals surface area contributed by atoms with Crippen molar-refractivity contribution in [3.8, 4) is 17.1 Å². The van der Waals surface area contributed by atoms with Crippen molar-refractivity contribution >= 4 is 5.91 Å². The van der Waals surface area contributed by atoms with Crippen molar-refractivity contribution in [2.24, 2.45) is 5.92 Å². The summed E-state index contributed by atoms with van der Waals surface area (Å²) in [6.45, 7) is 8.21. The van der Waals surface area contributed by atoms with Gasteiger partial charge in [-0.3, -0.25) is 9.69 Å². The first-order valence-corrected chi connectivity index (χ1v) is 9.35. The van der Waals surface area contributed by atoms with Gasteiger partial charge in [0.25, 0.3) is 0 Å². The fourth-order valence-corrected chi connectivity index (χ4v) is 3.25. The number of benzene rings is 1. The van der Waals surface area contributed by atoms with Gasteiger partial charge in [-0.25, -0.2) is 0 Å². The highest BCUT2D eigenvalue weighted by Gasteiger charge is 2.28. The van der Waals surface area contributed by atoms with Gasteiger partial charge < -0.3 is 14.6 Å². The standard InChI is InChI=1S/C20H28N4O3/c1-20(2,3)22-19(25)15-6-5-11-24(12-15)13-17-21-18(23-27-17)14-7-9-16(26-4)10-8-14/h7-10,15H,5-6,11-13H2,1-4H3,(H,22,25). The highest BCUT2D eigenvalue weighted by atomic mass is 16.5. The fourth-order valence-electron chi connectivity index (χ4n) is 3.25. The number of hydrogen-bond acceptors (Lipinski definition) is 6. The Bertz CT molecular complexity index is 764. The van der Waals surface area contributed by atoms with Gasteiger partial charge >= 0.3 is 0 Å². The number of likely N-dealkylation sites (tertiary alicyclic amines) is 1. The predicted octanol–water partition coefficient (Wildman–Crippen LogP) is 2.87. The quantitative estimate of drug-likeness (QED) is 0.869. The molecule has 0 spiro atoms. The molecule has 0 bridgehead atoms. The minimum Gasteiger partial charge on any atom is -0.497 e. The Hall–Kier alpha value is -2.41. The summed E-state index contributed by atoms with van der Waals surface area (Å²) in [6.07, 6.45) is 1.90. The summed E-state index contributed by atoms with van der Waals surface area (Å²) >= 11 is 0. The number of amides is 1. The molecule has 1 atom stereocenters. The fraction of sp³-hybridized carbons (Fsp3) is 0.550. The first-order chi connectivity index (χ1) is 12.8. The van der Waals surface area contributed by atoms with Crippen LogP contribution in [0.3, 0.4) is 0 Å². The smallest absolute Gasteiger partial charge is 0.241 e. The number of piperidine rings is 1. The normalized spacial score (nSPS) is 18.3. The zero-order chi connectivity index (χ0) is 19.4. The molecular weight excluding hydrogens is 344 g/mol. The molecule has 1 N–H and O–H groups in total. The summed E-state index contributed by atoms with van der Waals surface area (Å²) in [7, 11) is 1.63. The largest absolute Gasteiger partial charge is 0.497 e. The van der Waals surface area contributed by atoms with E-state index in [2.05, 4.69) is 20.4 Å². The molecule has 7 nitrogen and oxygen atoms in total. The molecule has 146 valence electrons. The van der Waals surface area contributed by atoms with E-state index in [0.29, 0.717) is 24.8 Å². The number of methoxy groups -OCH3 is 1. The van der Waals surface area contributed by atoms with Crippen LogP contribution in [0.2, 0.25) is 0 Å². The number of carbonyl (C=O) groups excluding carboxylic acids is 1. The van der Waals surface area contributed by atoms with E-state index in [9.17, 15) is 4.79 Å². The molecule has 1 saturated heterocycles. The summed E-state index contributed by atoms with van der Waals surface area (Å²) in [5.74, 6) is 2.04.